The summed E-state index contributed by atoms with van der Waals surface area (Å²) in [6, 6.07) is 0. The molecule has 0 aromatic heterocycles. The number of fused-ring (bicyclic) bond motifs is 1. The van der Waals surface area contributed by atoms with Crippen LogP contribution in [0.25, 0.3) is 0 Å². The van der Waals surface area contributed by atoms with Crippen molar-refractivity contribution in [1.82, 2.24) is 0 Å². The second-order valence-electron chi connectivity index (χ2n) is 9.08. The van der Waals surface area contributed by atoms with E-state index in [-0.39, 0.29) is 5.97 Å². The van der Waals surface area contributed by atoms with Gasteiger partial charge in [-0.05, 0) is 68.1 Å². The number of rotatable bonds is 5. The largest absolute Gasteiger partial charge is 0.466 e. The van der Waals surface area contributed by atoms with Crippen LogP contribution in [0.5, 0.6) is 0 Å². The van der Waals surface area contributed by atoms with Gasteiger partial charge in [-0.25, -0.2) is 4.79 Å². The molecular weight excluding hydrogens is 308 g/mol. The van der Waals surface area contributed by atoms with Crippen LogP contribution in [0.1, 0.15) is 72.6 Å². The van der Waals surface area contributed by atoms with Gasteiger partial charge in [0.05, 0.1) is 7.11 Å². The predicted octanol–water partition coefficient (Wildman–Crippen LogP) is 6.24. The van der Waals surface area contributed by atoms with Crippen LogP contribution in [0.4, 0.5) is 0 Å². The maximum atomic E-state index is 11.2. The fourth-order valence-corrected chi connectivity index (χ4v) is 5.62. The van der Waals surface area contributed by atoms with Gasteiger partial charge in [-0.3, -0.25) is 0 Å². The van der Waals surface area contributed by atoms with E-state index in [2.05, 4.69) is 39.0 Å². The number of ether oxygens (including phenoxy) is 1. The van der Waals surface area contributed by atoms with Crippen molar-refractivity contribution in [2.45, 2.75) is 72.6 Å². The first-order chi connectivity index (χ1) is 11.7. The summed E-state index contributed by atoms with van der Waals surface area (Å²) in [4.78, 5) is 11.2. The average molecular weight is 345 g/mol. The van der Waals surface area contributed by atoms with Crippen molar-refractivity contribution in [3.63, 3.8) is 0 Å². The van der Waals surface area contributed by atoms with Crippen LogP contribution in [-0.2, 0) is 9.53 Å². The Morgan fingerprint density at radius 2 is 2.04 bits per heavy atom. The Kier molecular flexibility index (Phi) is 6.35. The SMILES string of the molecule is C=C1CC[C@H]2C(C)(C)CCC[C@]2(C)[C@H]1CC/C(C)=C/C=C/C(=O)OC. The Morgan fingerprint density at radius 1 is 1.32 bits per heavy atom. The summed E-state index contributed by atoms with van der Waals surface area (Å²) < 4.78 is 4.63. The Balaban J connectivity index is 2.06. The fourth-order valence-electron chi connectivity index (χ4n) is 5.62. The van der Waals surface area contributed by atoms with Crippen molar-refractivity contribution in [3.8, 4) is 0 Å². The van der Waals surface area contributed by atoms with Gasteiger partial charge in [-0.2, -0.15) is 0 Å². The van der Waals surface area contributed by atoms with Gasteiger partial charge >= 0.3 is 5.97 Å². The third kappa shape index (κ3) is 4.46. The maximum Gasteiger partial charge on any atom is 0.330 e. The summed E-state index contributed by atoms with van der Waals surface area (Å²) >= 11 is 0. The van der Waals surface area contributed by atoms with Crippen molar-refractivity contribution in [2.75, 3.05) is 7.11 Å². The summed E-state index contributed by atoms with van der Waals surface area (Å²) in [6.45, 7) is 14.1. The Hall–Kier alpha value is -1.31. The molecule has 0 radical (unpaired) electrons. The molecule has 2 aliphatic rings. The number of allylic oxidation sites excluding steroid dienone is 4. The van der Waals surface area contributed by atoms with Crippen LogP contribution < -0.4 is 0 Å². The van der Waals surface area contributed by atoms with Crippen LogP contribution in [0.15, 0.2) is 36.0 Å². The molecule has 0 N–H and O–H groups in total. The standard InChI is InChI=1S/C23H36O2/c1-17(9-7-10-21(24)25-6)11-13-19-18(2)12-14-20-22(3,4)15-8-16-23(19,20)5/h7,9-10,19-20H,2,8,11-16H2,1,3-6H3/b10-7+,17-9+/t19-,20-,23+/m0/s1. The lowest BCUT2D eigenvalue weighted by Gasteiger charge is -2.58. The van der Waals surface area contributed by atoms with Crippen LogP contribution in [0.3, 0.4) is 0 Å². The third-order valence-electron chi connectivity index (χ3n) is 6.96. The second kappa shape index (κ2) is 7.93. The number of methoxy groups -OCH3 is 1. The number of esters is 1. The molecule has 0 heterocycles. The van der Waals surface area contributed by atoms with E-state index in [4.69, 9.17) is 0 Å². The average Bonchev–Trinajstić information content (AvgIpc) is 2.53. The molecule has 2 nitrogen and oxygen atoms in total. The summed E-state index contributed by atoms with van der Waals surface area (Å²) in [5.41, 5.74) is 3.64. The minimum absolute atomic E-state index is 0.301. The van der Waals surface area contributed by atoms with Gasteiger partial charge in [-0.1, -0.05) is 57.1 Å². The van der Waals surface area contributed by atoms with Crippen LogP contribution in [0.2, 0.25) is 0 Å². The Morgan fingerprint density at radius 3 is 2.72 bits per heavy atom. The van der Waals surface area contributed by atoms with E-state index in [1.807, 2.05) is 6.08 Å². The smallest absolute Gasteiger partial charge is 0.330 e. The molecular formula is C23H36O2. The van der Waals surface area contributed by atoms with Gasteiger partial charge in [0.1, 0.15) is 0 Å². The lowest BCUT2D eigenvalue weighted by Crippen LogP contribution is -2.49. The lowest BCUT2D eigenvalue weighted by atomic mass is 9.47. The third-order valence-corrected chi connectivity index (χ3v) is 6.96. The van der Waals surface area contributed by atoms with Gasteiger partial charge < -0.3 is 4.74 Å². The second-order valence-corrected chi connectivity index (χ2v) is 9.08. The molecule has 0 amide bonds. The number of hydrogen-bond donors (Lipinski definition) is 0. The topological polar surface area (TPSA) is 26.3 Å². The van der Waals surface area contributed by atoms with Gasteiger partial charge in [-0.15, -0.1) is 0 Å². The van der Waals surface area contributed by atoms with Gasteiger partial charge in [0, 0.05) is 6.08 Å². The summed E-state index contributed by atoms with van der Waals surface area (Å²) in [6.07, 6.45) is 14.1. The molecule has 0 aromatic carbocycles. The number of carbonyl (C=O) groups is 1. The summed E-state index contributed by atoms with van der Waals surface area (Å²) in [5.74, 6) is 1.14. The van der Waals surface area contributed by atoms with Crippen LogP contribution in [0, 0.1) is 22.7 Å². The molecule has 0 aromatic rings. The van der Waals surface area contributed by atoms with E-state index in [1.54, 1.807) is 6.08 Å². The molecule has 0 spiro atoms. The monoisotopic (exact) mass is 344 g/mol. The van der Waals surface area contributed by atoms with E-state index in [0.717, 1.165) is 12.3 Å². The normalized spacial score (nSPS) is 32.5. The van der Waals surface area contributed by atoms with Crippen molar-refractivity contribution in [2.24, 2.45) is 22.7 Å². The zero-order valence-corrected chi connectivity index (χ0v) is 16.9. The summed E-state index contributed by atoms with van der Waals surface area (Å²) in [7, 11) is 1.40. The molecule has 25 heavy (non-hydrogen) atoms. The lowest BCUT2D eigenvalue weighted by molar-refractivity contribution is -0.134. The van der Waals surface area contributed by atoms with E-state index in [9.17, 15) is 4.79 Å². The zero-order chi connectivity index (χ0) is 18.7. The van der Waals surface area contributed by atoms with E-state index < -0.39 is 0 Å². The summed E-state index contributed by atoms with van der Waals surface area (Å²) in [5, 5.41) is 0. The highest BCUT2D eigenvalue weighted by atomic mass is 16.5. The minimum Gasteiger partial charge on any atom is -0.466 e. The number of carbonyl (C=O) groups excluding carboxylic acids is 1. The molecule has 2 fully saturated rings. The molecule has 140 valence electrons. The number of hydrogen-bond acceptors (Lipinski definition) is 2. The first kappa shape index (κ1) is 20.0. The molecule has 3 atom stereocenters. The van der Waals surface area contributed by atoms with Crippen molar-refractivity contribution < 1.29 is 9.53 Å². The maximum absolute atomic E-state index is 11.2. The quantitative estimate of drug-likeness (QED) is 0.255. The molecule has 0 unspecified atom stereocenters. The minimum atomic E-state index is -0.301. The highest BCUT2D eigenvalue weighted by molar-refractivity contribution is 5.82. The zero-order valence-electron chi connectivity index (χ0n) is 16.9. The molecule has 0 bridgehead atoms. The molecule has 2 aliphatic carbocycles. The van der Waals surface area contributed by atoms with Gasteiger partial charge in [0.25, 0.3) is 0 Å². The Labute approximate surface area is 154 Å². The van der Waals surface area contributed by atoms with Gasteiger partial charge in [0.2, 0.25) is 0 Å². The molecule has 2 heteroatoms. The van der Waals surface area contributed by atoms with Gasteiger partial charge in [0.15, 0.2) is 0 Å². The van der Waals surface area contributed by atoms with Crippen molar-refractivity contribution >= 4 is 5.97 Å². The highest BCUT2D eigenvalue weighted by Crippen LogP contribution is 2.61. The highest BCUT2D eigenvalue weighted by Gasteiger charge is 2.52. The van der Waals surface area contributed by atoms with E-state index in [0.29, 0.717) is 16.7 Å². The Bertz CT molecular complexity index is 567. The predicted molar refractivity (Wildman–Crippen MR) is 105 cm³/mol. The first-order valence-electron chi connectivity index (χ1n) is 9.80. The molecule has 2 saturated carbocycles. The molecule has 2 rings (SSSR count). The fraction of sp³-hybridized carbons (Fsp3) is 0.696. The van der Waals surface area contributed by atoms with Crippen LogP contribution in [-0.4, -0.2) is 13.1 Å². The first-order valence-corrected chi connectivity index (χ1v) is 9.80. The van der Waals surface area contributed by atoms with Crippen LogP contribution >= 0.6 is 0 Å². The van der Waals surface area contributed by atoms with Crippen molar-refractivity contribution in [1.29, 1.82) is 0 Å². The molecule has 0 aliphatic heterocycles. The molecule has 0 saturated heterocycles. The van der Waals surface area contributed by atoms with Crippen molar-refractivity contribution in [3.05, 3.63) is 36.0 Å². The van der Waals surface area contributed by atoms with E-state index in [1.165, 1.54) is 62.9 Å². The van der Waals surface area contributed by atoms with E-state index >= 15 is 0 Å².